The summed E-state index contributed by atoms with van der Waals surface area (Å²) < 4.78 is 0. The van der Waals surface area contributed by atoms with Gasteiger partial charge < -0.3 is 10.4 Å². The lowest BCUT2D eigenvalue weighted by Crippen LogP contribution is -2.24. The van der Waals surface area contributed by atoms with E-state index >= 15 is 0 Å². The Morgan fingerprint density at radius 3 is 2.79 bits per heavy atom. The van der Waals surface area contributed by atoms with Crippen molar-refractivity contribution in [2.24, 2.45) is 5.41 Å². The van der Waals surface area contributed by atoms with Gasteiger partial charge in [0.15, 0.2) is 0 Å². The predicted molar refractivity (Wildman–Crippen MR) is 74.5 cm³/mol. The molecule has 0 unspecified atom stereocenters. The summed E-state index contributed by atoms with van der Waals surface area (Å²) in [7, 11) is 0. The van der Waals surface area contributed by atoms with Crippen LogP contribution in [0.5, 0.6) is 0 Å². The van der Waals surface area contributed by atoms with E-state index in [1.165, 1.54) is 12.1 Å². The maximum atomic E-state index is 10.9. The molecule has 0 aromatic carbocycles. The minimum Gasteiger partial charge on any atom is -0.396 e. The third-order valence-electron chi connectivity index (χ3n) is 2.78. The van der Waals surface area contributed by atoms with Gasteiger partial charge >= 0.3 is 5.69 Å². The Kier molecular flexibility index (Phi) is 5.50. The molecule has 0 radical (unpaired) electrons. The summed E-state index contributed by atoms with van der Waals surface area (Å²) in [6.45, 7) is 4.69. The predicted octanol–water partition coefficient (Wildman–Crippen LogP) is 2.85. The summed E-state index contributed by atoms with van der Waals surface area (Å²) in [5.41, 5.74) is -0.192. The molecule has 1 aromatic heterocycles. The van der Waals surface area contributed by atoms with Crippen LogP contribution in [-0.2, 0) is 0 Å². The van der Waals surface area contributed by atoms with Crippen LogP contribution >= 0.6 is 11.6 Å². The van der Waals surface area contributed by atoms with Crippen molar-refractivity contribution in [3.05, 3.63) is 27.4 Å². The lowest BCUT2D eigenvalue weighted by Gasteiger charge is -2.24. The number of hydrogen-bond donors (Lipinski definition) is 2. The van der Waals surface area contributed by atoms with Crippen molar-refractivity contribution in [2.45, 2.75) is 26.7 Å². The van der Waals surface area contributed by atoms with Crippen molar-refractivity contribution in [3.63, 3.8) is 0 Å². The molecular formula is C12H18ClN3O3. The van der Waals surface area contributed by atoms with Crippen molar-refractivity contribution in [1.29, 1.82) is 0 Å². The number of anilines is 1. The Hall–Kier alpha value is -1.40. The van der Waals surface area contributed by atoms with E-state index in [0.29, 0.717) is 13.0 Å². The van der Waals surface area contributed by atoms with E-state index < -0.39 is 4.92 Å². The van der Waals surface area contributed by atoms with Crippen LogP contribution in [0.15, 0.2) is 12.1 Å². The highest BCUT2D eigenvalue weighted by Gasteiger charge is 2.21. The summed E-state index contributed by atoms with van der Waals surface area (Å²) in [5, 5.41) is 22.9. The maximum Gasteiger partial charge on any atom is 0.311 e. The van der Waals surface area contributed by atoms with Crippen LogP contribution in [0.1, 0.15) is 26.7 Å². The normalized spacial score (nSPS) is 11.4. The fraction of sp³-hybridized carbons (Fsp3) is 0.583. The monoisotopic (exact) mass is 287 g/mol. The Balaban J connectivity index is 2.76. The van der Waals surface area contributed by atoms with Crippen molar-refractivity contribution < 1.29 is 10.0 Å². The van der Waals surface area contributed by atoms with Gasteiger partial charge in [0, 0.05) is 19.2 Å². The van der Waals surface area contributed by atoms with E-state index in [2.05, 4.69) is 10.3 Å². The van der Waals surface area contributed by atoms with Crippen LogP contribution in [0, 0.1) is 15.5 Å². The molecule has 1 aromatic rings. The van der Waals surface area contributed by atoms with E-state index in [1.54, 1.807) is 0 Å². The third-order valence-corrected chi connectivity index (χ3v) is 2.99. The van der Waals surface area contributed by atoms with Gasteiger partial charge in [0.25, 0.3) is 0 Å². The first-order chi connectivity index (χ1) is 8.85. The molecular weight excluding hydrogens is 270 g/mol. The van der Waals surface area contributed by atoms with E-state index in [9.17, 15) is 10.1 Å². The first kappa shape index (κ1) is 15.7. The number of aliphatic hydroxyl groups is 1. The number of pyridine rings is 1. The topological polar surface area (TPSA) is 88.3 Å². The molecule has 0 spiro atoms. The smallest absolute Gasteiger partial charge is 0.311 e. The Labute approximate surface area is 117 Å². The number of halogens is 1. The molecule has 6 nitrogen and oxygen atoms in total. The Bertz CT molecular complexity index is 452. The minimum atomic E-state index is -0.494. The van der Waals surface area contributed by atoms with Crippen molar-refractivity contribution in [2.75, 3.05) is 18.5 Å². The van der Waals surface area contributed by atoms with Gasteiger partial charge in [-0.25, -0.2) is 4.98 Å². The number of aliphatic hydroxyl groups excluding tert-OH is 1. The Morgan fingerprint density at radius 1 is 1.53 bits per heavy atom. The van der Waals surface area contributed by atoms with Crippen LogP contribution in [0.2, 0.25) is 5.15 Å². The SMILES string of the molecule is CC(C)(CCCO)CNc1nc(Cl)ccc1[N+](=O)[O-]. The van der Waals surface area contributed by atoms with Gasteiger partial charge in [-0.3, -0.25) is 10.1 Å². The fourth-order valence-electron chi connectivity index (χ4n) is 1.67. The molecule has 19 heavy (non-hydrogen) atoms. The van der Waals surface area contributed by atoms with Gasteiger partial charge in [0.1, 0.15) is 5.15 Å². The van der Waals surface area contributed by atoms with Crippen molar-refractivity contribution in [1.82, 2.24) is 4.98 Å². The summed E-state index contributed by atoms with van der Waals surface area (Å²) in [6.07, 6.45) is 1.50. The van der Waals surface area contributed by atoms with Crippen LogP contribution < -0.4 is 5.32 Å². The highest BCUT2D eigenvalue weighted by Crippen LogP contribution is 2.27. The van der Waals surface area contributed by atoms with Crippen LogP contribution in [0.3, 0.4) is 0 Å². The molecule has 0 saturated carbocycles. The molecule has 106 valence electrons. The van der Waals surface area contributed by atoms with E-state index in [-0.39, 0.29) is 28.7 Å². The van der Waals surface area contributed by atoms with E-state index in [0.717, 1.165) is 6.42 Å². The first-order valence-corrected chi connectivity index (χ1v) is 6.39. The van der Waals surface area contributed by atoms with E-state index in [4.69, 9.17) is 16.7 Å². The van der Waals surface area contributed by atoms with Crippen LogP contribution in [0.25, 0.3) is 0 Å². The average Bonchev–Trinajstić information content (AvgIpc) is 2.34. The minimum absolute atomic E-state index is 0.0950. The second-order valence-electron chi connectivity index (χ2n) is 5.10. The molecule has 0 aliphatic carbocycles. The summed E-state index contributed by atoms with van der Waals surface area (Å²) in [4.78, 5) is 14.3. The highest BCUT2D eigenvalue weighted by molar-refractivity contribution is 6.29. The Morgan fingerprint density at radius 2 is 2.21 bits per heavy atom. The molecule has 0 fully saturated rings. The molecule has 0 amide bonds. The van der Waals surface area contributed by atoms with Gasteiger partial charge in [0.2, 0.25) is 5.82 Å². The largest absolute Gasteiger partial charge is 0.396 e. The zero-order valence-corrected chi connectivity index (χ0v) is 11.8. The number of nitrogens with zero attached hydrogens (tertiary/aromatic N) is 2. The molecule has 7 heteroatoms. The lowest BCUT2D eigenvalue weighted by molar-refractivity contribution is -0.384. The first-order valence-electron chi connectivity index (χ1n) is 6.01. The van der Waals surface area contributed by atoms with Gasteiger partial charge in [-0.15, -0.1) is 0 Å². The quantitative estimate of drug-likeness (QED) is 0.457. The van der Waals surface area contributed by atoms with Gasteiger partial charge in [-0.05, 0) is 24.3 Å². The average molecular weight is 288 g/mol. The summed E-state index contributed by atoms with van der Waals surface area (Å²) in [6, 6.07) is 2.72. The van der Waals surface area contributed by atoms with Crippen LogP contribution in [-0.4, -0.2) is 28.2 Å². The van der Waals surface area contributed by atoms with Gasteiger partial charge in [-0.2, -0.15) is 0 Å². The van der Waals surface area contributed by atoms with E-state index in [1.807, 2.05) is 13.8 Å². The standard InChI is InChI=1S/C12H18ClN3O3/c1-12(2,6-3-7-17)8-14-11-9(16(18)19)4-5-10(13)15-11/h4-5,17H,3,6-8H2,1-2H3,(H,14,15). The third kappa shape index (κ3) is 5.00. The maximum absolute atomic E-state index is 10.9. The fourth-order valence-corrected chi connectivity index (χ4v) is 1.82. The number of nitrogens with one attached hydrogen (secondary N) is 1. The molecule has 0 atom stereocenters. The zero-order valence-electron chi connectivity index (χ0n) is 11.0. The second-order valence-corrected chi connectivity index (χ2v) is 5.49. The highest BCUT2D eigenvalue weighted by atomic mass is 35.5. The number of rotatable bonds is 7. The molecule has 2 N–H and O–H groups in total. The van der Waals surface area contributed by atoms with Gasteiger partial charge in [-0.1, -0.05) is 25.4 Å². The number of aromatic nitrogens is 1. The van der Waals surface area contributed by atoms with Crippen molar-refractivity contribution in [3.8, 4) is 0 Å². The summed E-state index contributed by atoms with van der Waals surface area (Å²) >= 11 is 5.75. The number of nitro groups is 1. The summed E-state index contributed by atoms with van der Waals surface area (Å²) in [5.74, 6) is 0.176. The zero-order chi connectivity index (χ0) is 14.5. The number of hydrogen-bond acceptors (Lipinski definition) is 5. The van der Waals surface area contributed by atoms with Crippen molar-refractivity contribution >= 4 is 23.1 Å². The lowest BCUT2D eigenvalue weighted by atomic mass is 9.88. The molecule has 0 aliphatic heterocycles. The molecule has 1 heterocycles. The molecule has 0 aliphatic rings. The molecule has 1 rings (SSSR count). The van der Waals surface area contributed by atoms with Gasteiger partial charge in [0.05, 0.1) is 4.92 Å². The second kappa shape index (κ2) is 6.68. The van der Waals surface area contributed by atoms with Crippen LogP contribution in [0.4, 0.5) is 11.5 Å². The molecule has 0 bridgehead atoms. The molecule has 0 saturated heterocycles.